The Bertz CT molecular complexity index is 524. The monoisotopic (exact) mass is 277 g/mol. The number of halogens is 1. The van der Waals surface area contributed by atoms with Crippen LogP contribution in [0.15, 0.2) is 18.2 Å². The first-order valence-electron chi connectivity index (χ1n) is 6.34. The summed E-state index contributed by atoms with van der Waals surface area (Å²) in [4.78, 5) is 12.2. The third kappa shape index (κ3) is 3.46. The summed E-state index contributed by atoms with van der Waals surface area (Å²) in [5, 5.41) is 15.4. The van der Waals surface area contributed by atoms with Gasteiger partial charge in [-0.05, 0) is 44.5 Å². The number of hydrogen-bond donors (Lipinski definition) is 2. The molecule has 0 aromatic heterocycles. The minimum absolute atomic E-state index is 0.00180. The first kappa shape index (κ1) is 13.9. The molecule has 1 saturated heterocycles. The van der Waals surface area contributed by atoms with E-state index in [1.54, 1.807) is 18.2 Å². The van der Waals surface area contributed by atoms with E-state index >= 15 is 0 Å². The quantitative estimate of drug-likeness (QED) is 0.873. The molecule has 2 unspecified atom stereocenters. The molecular weight excluding hydrogens is 262 g/mol. The van der Waals surface area contributed by atoms with Gasteiger partial charge in [-0.25, -0.2) is 0 Å². The maximum absolute atomic E-state index is 12.2. The molecule has 1 heterocycles. The van der Waals surface area contributed by atoms with E-state index in [-0.39, 0.29) is 11.8 Å². The van der Waals surface area contributed by atoms with Crippen LogP contribution in [0.5, 0.6) is 0 Å². The molecule has 1 amide bonds. The lowest BCUT2D eigenvalue weighted by atomic mass is 9.92. The van der Waals surface area contributed by atoms with Crippen molar-refractivity contribution in [3.05, 3.63) is 28.8 Å². The molecule has 0 radical (unpaired) electrons. The van der Waals surface area contributed by atoms with Crippen LogP contribution in [0.4, 0.5) is 5.69 Å². The van der Waals surface area contributed by atoms with Gasteiger partial charge in [-0.2, -0.15) is 5.26 Å². The van der Waals surface area contributed by atoms with Gasteiger partial charge in [0, 0.05) is 12.0 Å². The number of piperidine rings is 1. The molecule has 1 fully saturated rings. The molecule has 4 nitrogen and oxygen atoms in total. The summed E-state index contributed by atoms with van der Waals surface area (Å²) in [5.41, 5.74) is 0.996. The molecule has 2 rings (SSSR count). The second kappa shape index (κ2) is 6.05. The molecule has 100 valence electrons. The van der Waals surface area contributed by atoms with Gasteiger partial charge in [0.2, 0.25) is 5.91 Å². The fourth-order valence-corrected chi connectivity index (χ4v) is 2.46. The van der Waals surface area contributed by atoms with Crippen LogP contribution in [-0.4, -0.2) is 18.5 Å². The first-order chi connectivity index (χ1) is 9.10. The summed E-state index contributed by atoms with van der Waals surface area (Å²) in [6.07, 6.45) is 1.65. The van der Waals surface area contributed by atoms with Crippen molar-refractivity contribution in [2.75, 3.05) is 11.9 Å². The van der Waals surface area contributed by atoms with Gasteiger partial charge < -0.3 is 10.6 Å². The van der Waals surface area contributed by atoms with Crippen molar-refractivity contribution in [3.8, 4) is 6.07 Å². The van der Waals surface area contributed by atoms with Crippen LogP contribution < -0.4 is 10.6 Å². The number of hydrogen-bond acceptors (Lipinski definition) is 3. The van der Waals surface area contributed by atoms with E-state index in [0.29, 0.717) is 22.3 Å². The highest BCUT2D eigenvalue weighted by molar-refractivity contribution is 6.33. The van der Waals surface area contributed by atoms with Crippen molar-refractivity contribution in [3.63, 3.8) is 0 Å². The molecule has 5 heteroatoms. The van der Waals surface area contributed by atoms with Crippen molar-refractivity contribution in [1.82, 2.24) is 5.32 Å². The summed E-state index contributed by atoms with van der Waals surface area (Å²) in [6.45, 7) is 2.92. The molecule has 0 spiro atoms. The van der Waals surface area contributed by atoms with Gasteiger partial charge in [0.05, 0.1) is 22.3 Å². The van der Waals surface area contributed by atoms with Crippen LogP contribution in [0.1, 0.15) is 25.3 Å². The first-order valence-corrected chi connectivity index (χ1v) is 6.72. The van der Waals surface area contributed by atoms with Crippen LogP contribution in [0, 0.1) is 17.2 Å². The SMILES string of the molecule is CC1CC(C(=O)Nc2cc(C#N)ccc2Cl)CCN1. The number of nitrogens with one attached hydrogen (secondary N) is 2. The highest BCUT2D eigenvalue weighted by atomic mass is 35.5. The van der Waals surface area contributed by atoms with Crippen molar-refractivity contribution in [1.29, 1.82) is 5.26 Å². The Hall–Kier alpha value is -1.57. The van der Waals surface area contributed by atoms with Crippen molar-refractivity contribution in [2.45, 2.75) is 25.8 Å². The zero-order valence-electron chi connectivity index (χ0n) is 10.7. The minimum Gasteiger partial charge on any atom is -0.324 e. The number of nitriles is 1. The maximum Gasteiger partial charge on any atom is 0.227 e. The Morgan fingerprint density at radius 1 is 1.58 bits per heavy atom. The molecule has 2 N–H and O–H groups in total. The van der Waals surface area contributed by atoms with Crippen molar-refractivity contribution >= 4 is 23.2 Å². The van der Waals surface area contributed by atoms with E-state index in [0.717, 1.165) is 19.4 Å². The Morgan fingerprint density at radius 2 is 2.37 bits per heavy atom. The molecule has 0 saturated carbocycles. The van der Waals surface area contributed by atoms with E-state index < -0.39 is 0 Å². The van der Waals surface area contributed by atoms with Crippen LogP contribution in [0.2, 0.25) is 5.02 Å². The highest BCUT2D eigenvalue weighted by Crippen LogP contribution is 2.25. The number of rotatable bonds is 2. The number of benzene rings is 1. The normalized spacial score (nSPS) is 22.6. The van der Waals surface area contributed by atoms with E-state index in [1.807, 2.05) is 6.07 Å². The summed E-state index contributed by atoms with van der Waals surface area (Å²) >= 11 is 6.03. The lowest BCUT2D eigenvalue weighted by Crippen LogP contribution is -2.40. The topological polar surface area (TPSA) is 64.9 Å². The molecule has 2 atom stereocenters. The van der Waals surface area contributed by atoms with Gasteiger partial charge in [-0.15, -0.1) is 0 Å². The average molecular weight is 278 g/mol. The van der Waals surface area contributed by atoms with Gasteiger partial charge in [0.1, 0.15) is 0 Å². The molecule has 0 bridgehead atoms. The summed E-state index contributed by atoms with van der Waals surface area (Å²) in [6, 6.07) is 7.24. The lowest BCUT2D eigenvalue weighted by molar-refractivity contribution is -0.120. The van der Waals surface area contributed by atoms with Crippen LogP contribution in [-0.2, 0) is 4.79 Å². The van der Waals surface area contributed by atoms with Crippen molar-refractivity contribution < 1.29 is 4.79 Å². The Kier molecular flexibility index (Phi) is 4.41. The lowest BCUT2D eigenvalue weighted by Gasteiger charge is -2.27. The zero-order valence-corrected chi connectivity index (χ0v) is 11.5. The Balaban J connectivity index is 2.08. The smallest absolute Gasteiger partial charge is 0.227 e. The standard InChI is InChI=1S/C14H16ClN3O/c1-9-6-11(4-5-17-9)14(19)18-13-7-10(8-16)2-3-12(13)15/h2-3,7,9,11,17H,4-6H2,1H3,(H,18,19). The fraction of sp³-hybridized carbons (Fsp3) is 0.429. The molecule has 1 aliphatic heterocycles. The average Bonchev–Trinajstić information content (AvgIpc) is 2.41. The van der Waals surface area contributed by atoms with Crippen LogP contribution in [0.25, 0.3) is 0 Å². The highest BCUT2D eigenvalue weighted by Gasteiger charge is 2.25. The van der Waals surface area contributed by atoms with E-state index in [2.05, 4.69) is 17.6 Å². The van der Waals surface area contributed by atoms with Gasteiger partial charge in [0.15, 0.2) is 0 Å². The van der Waals surface area contributed by atoms with Gasteiger partial charge in [-0.1, -0.05) is 11.6 Å². The van der Waals surface area contributed by atoms with Crippen molar-refractivity contribution in [2.24, 2.45) is 5.92 Å². The van der Waals surface area contributed by atoms with E-state index in [1.165, 1.54) is 0 Å². The number of amides is 1. The number of anilines is 1. The zero-order chi connectivity index (χ0) is 13.8. The fourth-order valence-electron chi connectivity index (χ4n) is 2.30. The Morgan fingerprint density at radius 3 is 3.05 bits per heavy atom. The van der Waals surface area contributed by atoms with Gasteiger partial charge >= 0.3 is 0 Å². The second-order valence-corrected chi connectivity index (χ2v) is 5.28. The molecule has 1 aliphatic rings. The van der Waals surface area contributed by atoms with Gasteiger partial charge in [0.25, 0.3) is 0 Å². The number of carbonyl (C=O) groups excluding carboxylic acids is 1. The van der Waals surface area contributed by atoms with Crippen LogP contribution in [0.3, 0.4) is 0 Å². The number of nitrogens with zero attached hydrogens (tertiary/aromatic N) is 1. The van der Waals surface area contributed by atoms with Gasteiger partial charge in [-0.3, -0.25) is 4.79 Å². The third-order valence-corrected chi connectivity index (χ3v) is 3.68. The molecule has 1 aromatic rings. The molecular formula is C14H16ClN3O. The van der Waals surface area contributed by atoms with E-state index in [9.17, 15) is 4.79 Å². The van der Waals surface area contributed by atoms with Crippen LogP contribution >= 0.6 is 11.6 Å². The largest absolute Gasteiger partial charge is 0.324 e. The second-order valence-electron chi connectivity index (χ2n) is 4.87. The summed E-state index contributed by atoms with van der Waals surface area (Å²) in [5.74, 6) is -0.0246. The minimum atomic E-state index is -0.0228. The third-order valence-electron chi connectivity index (χ3n) is 3.35. The Labute approximate surface area is 117 Å². The van der Waals surface area contributed by atoms with E-state index in [4.69, 9.17) is 16.9 Å². The summed E-state index contributed by atoms with van der Waals surface area (Å²) in [7, 11) is 0. The maximum atomic E-state index is 12.2. The molecule has 0 aliphatic carbocycles. The number of carbonyl (C=O) groups is 1. The predicted molar refractivity (Wildman–Crippen MR) is 75.0 cm³/mol. The summed E-state index contributed by atoms with van der Waals surface area (Å²) < 4.78 is 0. The predicted octanol–water partition coefficient (Wildman–Crippen LogP) is 2.54. The molecule has 19 heavy (non-hydrogen) atoms. The molecule has 1 aromatic carbocycles.